The molecule has 0 spiro atoms. The van der Waals surface area contributed by atoms with Crippen LogP contribution in [-0.4, -0.2) is 31.3 Å². The zero-order chi connectivity index (χ0) is 12.8. The van der Waals surface area contributed by atoms with E-state index in [1.165, 1.54) is 0 Å². The highest BCUT2D eigenvalue weighted by Gasteiger charge is 2.16. The van der Waals surface area contributed by atoms with Crippen molar-refractivity contribution in [3.63, 3.8) is 0 Å². The van der Waals surface area contributed by atoms with E-state index < -0.39 is 5.97 Å². The Balaban J connectivity index is 2.65. The van der Waals surface area contributed by atoms with Crippen molar-refractivity contribution in [2.75, 3.05) is 0 Å². The Morgan fingerprint density at radius 1 is 1.47 bits per heavy atom. The van der Waals surface area contributed by atoms with E-state index in [-0.39, 0.29) is 12.3 Å². The highest BCUT2D eigenvalue weighted by Crippen LogP contribution is 2.18. The quantitative estimate of drug-likeness (QED) is 0.784. The molecular formula is C11H20N4O2. The van der Waals surface area contributed by atoms with Gasteiger partial charge >= 0.3 is 5.97 Å². The summed E-state index contributed by atoms with van der Waals surface area (Å²) in [5, 5.41) is 20.3. The monoisotopic (exact) mass is 240 g/mol. The van der Waals surface area contributed by atoms with Gasteiger partial charge in [-0.3, -0.25) is 4.79 Å². The molecule has 0 aliphatic carbocycles. The lowest BCUT2D eigenvalue weighted by Crippen LogP contribution is -2.16. The number of rotatable bonds is 7. The number of carboxylic acids is 1. The van der Waals surface area contributed by atoms with Gasteiger partial charge < -0.3 is 5.11 Å². The molecule has 2 unspecified atom stereocenters. The van der Waals surface area contributed by atoms with E-state index >= 15 is 0 Å². The van der Waals surface area contributed by atoms with Gasteiger partial charge in [0.05, 0.1) is 0 Å². The SMILES string of the molecule is CCCC(C)c1nnnn1CC(C)CC(=O)O. The summed E-state index contributed by atoms with van der Waals surface area (Å²) < 4.78 is 1.73. The van der Waals surface area contributed by atoms with Crippen molar-refractivity contribution >= 4 is 5.97 Å². The molecule has 0 aliphatic rings. The van der Waals surface area contributed by atoms with Crippen molar-refractivity contribution in [1.29, 1.82) is 0 Å². The molecule has 0 amide bonds. The lowest BCUT2D eigenvalue weighted by atomic mass is 10.0. The van der Waals surface area contributed by atoms with Crippen LogP contribution in [0.4, 0.5) is 0 Å². The van der Waals surface area contributed by atoms with E-state index in [0.717, 1.165) is 18.7 Å². The van der Waals surface area contributed by atoms with E-state index in [2.05, 4.69) is 29.4 Å². The van der Waals surface area contributed by atoms with Crippen LogP contribution in [0, 0.1) is 5.92 Å². The summed E-state index contributed by atoms with van der Waals surface area (Å²) in [5.74, 6) is 0.411. The summed E-state index contributed by atoms with van der Waals surface area (Å²) in [7, 11) is 0. The fourth-order valence-electron chi connectivity index (χ4n) is 1.91. The first-order valence-corrected chi connectivity index (χ1v) is 6.02. The van der Waals surface area contributed by atoms with Crippen molar-refractivity contribution in [3.8, 4) is 0 Å². The molecule has 0 saturated carbocycles. The van der Waals surface area contributed by atoms with Gasteiger partial charge in [0, 0.05) is 18.9 Å². The third kappa shape index (κ3) is 4.13. The first kappa shape index (κ1) is 13.6. The first-order chi connectivity index (χ1) is 8.04. The average molecular weight is 240 g/mol. The molecule has 0 aliphatic heterocycles. The Morgan fingerprint density at radius 2 is 2.18 bits per heavy atom. The van der Waals surface area contributed by atoms with E-state index in [9.17, 15) is 4.79 Å². The van der Waals surface area contributed by atoms with Gasteiger partial charge in [-0.05, 0) is 22.8 Å². The summed E-state index contributed by atoms with van der Waals surface area (Å²) in [6.07, 6.45) is 2.26. The Kier molecular flexibility index (Phi) is 5.06. The van der Waals surface area contributed by atoms with Crippen LogP contribution in [0.2, 0.25) is 0 Å². The standard InChI is InChI=1S/C11H20N4O2/c1-4-5-9(3)11-12-13-14-15(11)7-8(2)6-10(16)17/h8-9H,4-7H2,1-3H3,(H,16,17). The predicted molar refractivity (Wildman–Crippen MR) is 62.6 cm³/mol. The topological polar surface area (TPSA) is 80.9 Å². The zero-order valence-corrected chi connectivity index (χ0v) is 10.6. The lowest BCUT2D eigenvalue weighted by Gasteiger charge is -2.13. The minimum absolute atomic E-state index is 0.0311. The minimum atomic E-state index is -0.784. The summed E-state index contributed by atoms with van der Waals surface area (Å²) in [4.78, 5) is 10.6. The smallest absolute Gasteiger partial charge is 0.303 e. The zero-order valence-electron chi connectivity index (χ0n) is 10.6. The van der Waals surface area contributed by atoms with Crippen LogP contribution in [0.5, 0.6) is 0 Å². The summed E-state index contributed by atoms with van der Waals surface area (Å²) in [5.41, 5.74) is 0. The number of nitrogens with zero attached hydrogens (tertiary/aromatic N) is 4. The maximum atomic E-state index is 10.6. The predicted octanol–water partition coefficient (Wildman–Crippen LogP) is 1.69. The molecule has 2 atom stereocenters. The second kappa shape index (κ2) is 6.32. The maximum Gasteiger partial charge on any atom is 0.303 e. The molecule has 0 radical (unpaired) electrons. The number of hydrogen-bond acceptors (Lipinski definition) is 4. The largest absolute Gasteiger partial charge is 0.481 e. The second-order valence-electron chi connectivity index (χ2n) is 4.61. The molecule has 1 aromatic rings. The van der Waals surface area contributed by atoms with E-state index in [1.54, 1.807) is 4.68 Å². The Morgan fingerprint density at radius 3 is 2.76 bits per heavy atom. The average Bonchev–Trinajstić information content (AvgIpc) is 2.64. The molecule has 0 fully saturated rings. The third-order valence-electron chi connectivity index (χ3n) is 2.73. The number of aliphatic carboxylic acids is 1. The molecule has 0 saturated heterocycles. The van der Waals surface area contributed by atoms with Crippen LogP contribution in [0.15, 0.2) is 0 Å². The first-order valence-electron chi connectivity index (χ1n) is 6.02. The Bertz CT molecular complexity index is 364. The lowest BCUT2D eigenvalue weighted by molar-refractivity contribution is -0.138. The highest BCUT2D eigenvalue weighted by molar-refractivity contribution is 5.66. The van der Waals surface area contributed by atoms with Crippen LogP contribution >= 0.6 is 0 Å². The molecule has 96 valence electrons. The number of aromatic nitrogens is 4. The fourth-order valence-corrected chi connectivity index (χ4v) is 1.91. The molecule has 17 heavy (non-hydrogen) atoms. The molecule has 6 heteroatoms. The minimum Gasteiger partial charge on any atom is -0.481 e. The second-order valence-corrected chi connectivity index (χ2v) is 4.61. The number of carbonyl (C=O) groups is 1. The summed E-state index contributed by atoms with van der Waals surface area (Å²) >= 11 is 0. The fraction of sp³-hybridized carbons (Fsp3) is 0.818. The molecule has 6 nitrogen and oxygen atoms in total. The molecule has 1 heterocycles. The van der Waals surface area contributed by atoms with E-state index in [1.807, 2.05) is 6.92 Å². The molecule has 1 rings (SSSR count). The van der Waals surface area contributed by atoms with Gasteiger partial charge in [0.25, 0.3) is 0 Å². The molecule has 1 aromatic heterocycles. The normalized spacial score (nSPS) is 14.5. The Hall–Kier alpha value is -1.46. The van der Waals surface area contributed by atoms with Crippen molar-refractivity contribution in [2.45, 2.75) is 52.5 Å². The van der Waals surface area contributed by atoms with Gasteiger partial charge in [-0.1, -0.05) is 27.2 Å². The van der Waals surface area contributed by atoms with Gasteiger partial charge in [0.2, 0.25) is 0 Å². The summed E-state index contributed by atoms with van der Waals surface area (Å²) in [6.45, 7) is 6.66. The number of tetrazole rings is 1. The Labute approximate surface area is 101 Å². The molecule has 0 bridgehead atoms. The molecule has 1 N–H and O–H groups in total. The van der Waals surface area contributed by atoms with Crippen molar-refractivity contribution in [1.82, 2.24) is 20.2 Å². The van der Waals surface area contributed by atoms with Crippen molar-refractivity contribution < 1.29 is 9.90 Å². The van der Waals surface area contributed by atoms with Crippen molar-refractivity contribution in [3.05, 3.63) is 5.82 Å². The van der Waals surface area contributed by atoms with Crippen LogP contribution in [0.1, 0.15) is 51.8 Å². The van der Waals surface area contributed by atoms with Crippen molar-refractivity contribution in [2.24, 2.45) is 5.92 Å². The van der Waals surface area contributed by atoms with Crippen LogP contribution in [0.3, 0.4) is 0 Å². The molecule has 0 aromatic carbocycles. The van der Waals surface area contributed by atoms with Crippen LogP contribution < -0.4 is 0 Å². The van der Waals surface area contributed by atoms with Gasteiger partial charge in [-0.15, -0.1) is 5.10 Å². The maximum absolute atomic E-state index is 10.6. The van der Waals surface area contributed by atoms with Gasteiger partial charge in [0.15, 0.2) is 5.82 Å². The molecular weight excluding hydrogens is 220 g/mol. The summed E-state index contributed by atoms with van der Waals surface area (Å²) in [6, 6.07) is 0. The van der Waals surface area contributed by atoms with Crippen LogP contribution in [0.25, 0.3) is 0 Å². The highest BCUT2D eigenvalue weighted by atomic mass is 16.4. The van der Waals surface area contributed by atoms with Gasteiger partial charge in [-0.25, -0.2) is 4.68 Å². The van der Waals surface area contributed by atoms with E-state index in [4.69, 9.17) is 5.11 Å². The van der Waals surface area contributed by atoms with Gasteiger partial charge in [-0.2, -0.15) is 0 Å². The third-order valence-corrected chi connectivity index (χ3v) is 2.73. The van der Waals surface area contributed by atoms with E-state index in [0.29, 0.717) is 12.5 Å². The number of hydrogen-bond donors (Lipinski definition) is 1. The number of carboxylic acid groups (broad SMARTS) is 1. The van der Waals surface area contributed by atoms with Gasteiger partial charge in [0.1, 0.15) is 0 Å². The van der Waals surface area contributed by atoms with Crippen LogP contribution in [-0.2, 0) is 11.3 Å².